The average Bonchev–Trinajstić information content (AvgIpc) is 2.39. The lowest BCUT2D eigenvalue weighted by Gasteiger charge is -2.19. The van der Waals surface area contributed by atoms with Crippen molar-refractivity contribution >= 4 is 15.8 Å². The summed E-state index contributed by atoms with van der Waals surface area (Å²) < 4.78 is 25.8. The first-order valence-corrected chi connectivity index (χ1v) is 7.25. The van der Waals surface area contributed by atoms with Crippen LogP contribution >= 0.6 is 0 Å². The van der Waals surface area contributed by atoms with E-state index in [2.05, 4.69) is 10.3 Å². The molecule has 0 fully saturated rings. The van der Waals surface area contributed by atoms with E-state index in [1.165, 1.54) is 16.6 Å². The van der Waals surface area contributed by atoms with Gasteiger partial charge in [-0.3, -0.25) is 0 Å². The van der Waals surface area contributed by atoms with E-state index in [9.17, 15) is 8.42 Å². The molecule has 0 spiro atoms. The van der Waals surface area contributed by atoms with Crippen LogP contribution in [-0.4, -0.2) is 49.6 Å². The predicted molar refractivity (Wildman–Crippen MR) is 69.9 cm³/mol. The maximum absolute atomic E-state index is 12.3. The highest BCUT2D eigenvalue weighted by atomic mass is 32.2. The Morgan fingerprint density at radius 2 is 2.17 bits per heavy atom. The Labute approximate surface area is 108 Å². The van der Waals surface area contributed by atoms with Gasteiger partial charge in [-0.25, -0.2) is 13.4 Å². The van der Waals surface area contributed by atoms with Crippen molar-refractivity contribution in [3.05, 3.63) is 18.3 Å². The summed E-state index contributed by atoms with van der Waals surface area (Å²) >= 11 is 0. The molecule has 0 atom stereocenters. The summed E-state index contributed by atoms with van der Waals surface area (Å²) in [7, 11) is -1.80. The smallest absolute Gasteiger partial charge is 0.244 e. The number of nitrogens with zero attached hydrogens (tertiary/aromatic N) is 2. The van der Waals surface area contributed by atoms with Crippen LogP contribution < -0.4 is 5.32 Å². The number of aromatic nitrogens is 1. The van der Waals surface area contributed by atoms with E-state index in [4.69, 9.17) is 5.11 Å². The molecule has 1 rings (SSSR count). The second kappa shape index (κ2) is 6.67. The average molecular weight is 273 g/mol. The fourth-order valence-corrected chi connectivity index (χ4v) is 2.96. The second-order valence-electron chi connectivity index (χ2n) is 3.70. The standard InChI is InChI=1S/C11H19N3O3S/c1-3-14(7-4-8-15)18(16,17)10-5-6-11(12-2)13-9-10/h5-6,9,15H,3-4,7-8H2,1-2H3,(H,12,13). The van der Waals surface area contributed by atoms with Gasteiger partial charge in [-0.05, 0) is 18.6 Å². The number of rotatable bonds is 7. The molecule has 18 heavy (non-hydrogen) atoms. The molecule has 0 amide bonds. The Kier molecular flexibility index (Phi) is 5.52. The number of hydrogen-bond acceptors (Lipinski definition) is 5. The zero-order valence-electron chi connectivity index (χ0n) is 10.6. The van der Waals surface area contributed by atoms with Crippen molar-refractivity contribution in [2.24, 2.45) is 0 Å². The van der Waals surface area contributed by atoms with E-state index in [1.807, 2.05) is 0 Å². The van der Waals surface area contributed by atoms with Crippen LogP contribution in [0, 0.1) is 0 Å². The van der Waals surface area contributed by atoms with Gasteiger partial charge in [0.05, 0.1) is 0 Å². The molecule has 0 radical (unpaired) electrons. The van der Waals surface area contributed by atoms with Gasteiger partial charge in [-0.1, -0.05) is 6.92 Å². The largest absolute Gasteiger partial charge is 0.396 e. The lowest BCUT2D eigenvalue weighted by Crippen LogP contribution is -2.32. The Hall–Kier alpha value is -1.18. The highest BCUT2D eigenvalue weighted by molar-refractivity contribution is 7.89. The molecule has 0 aliphatic heterocycles. The molecule has 1 heterocycles. The van der Waals surface area contributed by atoms with E-state index in [1.54, 1.807) is 20.0 Å². The molecule has 0 aliphatic carbocycles. The minimum atomic E-state index is -3.52. The number of aliphatic hydroxyl groups is 1. The Bertz CT molecular complexity index is 459. The summed E-state index contributed by atoms with van der Waals surface area (Å²) in [6.45, 7) is 2.42. The number of aliphatic hydroxyl groups excluding tert-OH is 1. The number of pyridine rings is 1. The lowest BCUT2D eigenvalue weighted by molar-refractivity contribution is 0.271. The zero-order chi connectivity index (χ0) is 13.6. The Morgan fingerprint density at radius 3 is 2.61 bits per heavy atom. The van der Waals surface area contributed by atoms with Crippen LogP contribution in [0.5, 0.6) is 0 Å². The van der Waals surface area contributed by atoms with Crippen LogP contribution in [0.1, 0.15) is 13.3 Å². The summed E-state index contributed by atoms with van der Waals surface area (Å²) in [5, 5.41) is 11.6. The normalized spacial score (nSPS) is 11.8. The van der Waals surface area contributed by atoms with Crippen LogP contribution in [0.4, 0.5) is 5.82 Å². The molecule has 2 N–H and O–H groups in total. The summed E-state index contributed by atoms with van der Waals surface area (Å²) in [4.78, 5) is 4.16. The predicted octanol–water partition coefficient (Wildman–Crippen LogP) is 0.516. The number of hydrogen-bond donors (Lipinski definition) is 2. The van der Waals surface area contributed by atoms with Gasteiger partial charge in [0, 0.05) is 32.9 Å². The molecule has 0 aromatic carbocycles. The molecule has 7 heteroatoms. The first-order valence-electron chi connectivity index (χ1n) is 5.81. The van der Waals surface area contributed by atoms with Crippen LogP contribution in [0.25, 0.3) is 0 Å². The third-order valence-electron chi connectivity index (χ3n) is 2.55. The fourth-order valence-electron chi connectivity index (χ4n) is 1.53. The molecule has 102 valence electrons. The minimum absolute atomic E-state index is 0.0248. The van der Waals surface area contributed by atoms with Crippen LogP contribution in [-0.2, 0) is 10.0 Å². The van der Waals surface area contributed by atoms with E-state index in [0.717, 1.165) is 0 Å². The Morgan fingerprint density at radius 1 is 1.44 bits per heavy atom. The van der Waals surface area contributed by atoms with Gasteiger partial charge >= 0.3 is 0 Å². The van der Waals surface area contributed by atoms with Crippen LogP contribution in [0.3, 0.4) is 0 Å². The van der Waals surface area contributed by atoms with Crippen molar-refractivity contribution in [2.75, 3.05) is 32.1 Å². The zero-order valence-corrected chi connectivity index (χ0v) is 11.4. The van der Waals surface area contributed by atoms with Crippen molar-refractivity contribution in [2.45, 2.75) is 18.2 Å². The van der Waals surface area contributed by atoms with E-state index in [0.29, 0.717) is 25.3 Å². The molecule has 0 bridgehead atoms. The molecular formula is C11H19N3O3S. The molecule has 0 saturated carbocycles. The fraction of sp³-hybridized carbons (Fsp3) is 0.545. The molecule has 1 aromatic heterocycles. The number of anilines is 1. The summed E-state index contributed by atoms with van der Waals surface area (Å²) in [6, 6.07) is 3.14. The number of nitrogens with one attached hydrogen (secondary N) is 1. The van der Waals surface area contributed by atoms with Crippen molar-refractivity contribution < 1.29 is 13.5 Å². The molecule has 0 saturated heterocycles. The highest BCUT2D eigenvalue weighted by Crippen LogP contribution is 2.16. The minimum Gasteiger partial charge on any atom is -0.396 e. The van der Waals surface area contributed by atoms with Gasteiger partial charge in [-0.15, -0.1) is 0 Å². The topological polar surface area (TPSA) is 82.5 Å². The monoisotopic (exact) mass is 273 g/mol. The molecule has 6 nitrogen and oxygen atoms in total. The van der Waals surface area contributed by atoms with E-state index >= 15 is 0 Å². The molecule has 1 aromatic rings. The quantitative estimate of drug-likeness (QED) is 0.756. The van der Waals surface area contributed by atoms with Crippen molar-refractivity contribution in [1.29, 1.82) is 0 Å². The van der Waals surface area contributed by atoms with Gasteiger partial charge in [0.2, 0.25) is 10.0 Å². The van der Waals surface area contributed by atoms with Crippen molar-refractivity contribution in [1.82, 2.24) is 9.29 Å². The highest BCUT2D eigenvalue weighted by Gasteiger charge is 2.22. The van der Waals surface area contributed by atoms with E-state index < -0.39 is 10.0 Å². The van der Waals surface area contributed by atoms with E-state index in [-0.39, 0.29) is 11.5 Å². The van der Waals surface area contributed by atoms with Gasteiger partial charge < -0.3 is 10.4 Å². The van der Waals surface area contributed by atoms with Gasteiger partial charge in [0.15, 0.2) is 0 Å². The van der Waals surface area contributed by atoms with Gasteiger partial charge in [-0.2, -0.15) is 4.31 Å². The first-order chi connectivity index (χ1) is 8.56. The molecular weight excluding hydrogens is 254 g/mol. The Balaban J connectivity index is 2.95. The molecule has 0 unspecified atom stereocenters. The van der Waals surface area contributed by atoms with Crippen LogP contribution in [0.15, 0.2) is 23.2 Å². The lowest BCUT2D eigenvalue weighted by atomic mass is 10.4. The van der Waals surface area contributed by atoms with Gasteiger partial charge in [0.1, 0.15) is 10.7 Å². The SMILES string of the molecule is CCN(CCCO)S(=O)(=O)c1ccc(NC)nc1. The number of sulfonamides is 1. The first kappa shape index (κ1) is 14.9. The van der Waals surface area contributed by atoms with Crippen LogP contribution in [0.2, 0.25) is 0 Å². The van der Waals surface area contributed by atoms with Crippen molar-refractivity contribution in [3.63, 3.8) is 0 Å². The molecule has 0 aliphatic rings. The summed E-state index contributed by atoms with van der Waals surface area (Å²) in [5.41, 5.74) is 0. The third-order valence-corrected chi connectivity index (χ3v) is 4.51. The maximum Gasteiger partial charge on any atom is 0.244 e. The van der Waals surface area contributed by atoms with Gasteiger partial charge in [0.25, 0.3) is 0 Å². The maximum atomic E-state index is 12.3. The summed E-state index contributed by atoms with van der Waals surface area (Å²) in [6.07, 6.45) is 1.76. The third kappa shape index (κ3) is 3.41. The van der Waals surface area contributed by atoms with Crippen molar-refractivity contribution in [3.8, 4) is 0 Å². The summed E-state index contributed by atoms with van der Waals surface area (Å²) in [5.74, 6) is 0.618. The second-order valence-corrected chi connectivity index (χ2v) is 5.64.